The number of allylic oxidation sites excluding steroid dienone is 1. The molecule has 1 heterocycles. The SMILES string of the molecule is Cc1cc(/C=C(/C#N)c2cccc(F)c2)c(C)n1-c1ccc(F)cc1. The number of aryl methyl sites for hydroxylation is 1. The molecule has 0 aliphatic heterocycles. The minimum atomic E-state index is -0.379. The minimum Gasteiger partial charge on any atom is -0.318 e. The first kappa shape index (κ1) is 16.7. The number of benzene rings is 2. The third-order valence-corrected chi connectivity index (χ3v) is 4.11. The Bertz CT molecular complexity index is 990. The lowest BCUT2D eigenvalue weighted by molar-refractivity contribution is 0.627. The fraction of sp³-hybridized carbons (Fsp3) is 0.0952. The van der Waals surface area contributed by atoms with Gasteiger partial charge >= 0.3 is 0 Å². The molecule has 0 bridgehead atoms. The highest BCUT2D eigenvalue weighted by atomic mass is 19.1. The maximum Gasteiger partial charge on any atom is 0.123 e. The first-order valence-electron chi connectivity index (χ1n) is 7.82. The number of aromatic nitrogens is 1. The normalized spacial score (nSPS) is 11.4. The Morgan fingerprint density at radius 2 is 1.72 bits per heavy atom. The van der Waals surface area contributed by atoms with Gasteiger partial charge in [0.25, 0.3) is 0 Å². The molecule has 0 saturated heterocycles. The summed E-state index contributed by atoms with van der Waals surface area (Å²) in [6, 6.07) is 16.3. The predicted octanol–water partition coefficient (Wildman–Crippen LogP) is 5.44. The van der Waals surface area contributed by atoms with Crippen LogP contribution in [0.2, 0.25) is 0 Å². The van der Waals surface area contributed by atoms with E-state index >= 15 is 0 Å². The van der Waals surface area contributed by atoms with E-state index in [4.69, 9.17) is 0 Å². The Morgan fingerprint density at radius 3 is 2.36 bits per heavy atom. The second-order valence-electron chi connectivity index (χ2n) is 5.82. The van der Waals surface area contributed by atoms with Crippen molar-refractivity contribution in [2.75, 3.05) is 0 Å². The summed E-state index contributed by atoms with van der Waals surface area (Å²) in [5.74, 6) is -0.667. The van der Waals surface area contributed by atoms with Crippen LogP contribution in [0.5, 0.6) is 0 Å². The first-order valence-corrected chi connectivity index (χ1v) is 7.82. The summed E-state index contributed by atoms with van der Waals surface area (Å²) in [5, 5.41) is 9.46. The maximum absolute atomic E-state index is 13.4. The molecule has 0 radical (unpaired) electrons. The average molecular weight is 334 g/mol. The van der Waals surface area contributed by atoms with E-state index in [9.17, 15) is 14.0 Å². The van der Waals surface area contributed by atoms with Gasteiger partial charge in [0.1, 0.15) is 11.6 Å². The molecular weight excluding hydrogens is 318 g/mol. The Kier molecular flexibility index (Phi) is 4.49. The molecule has 124 valence electrons. The van der Waals surface area contributed by atoms with Gasteiger partial charge in [-0.2, -0.15) is 5.26 Å². The molecule has 2 nitrogen and oxygen atoms in total. The van der Waals surface area contributed by atoms with Gasteiger partial charge in [-0.15, -0.1) is 0 Å². The van der Waals surface area contributed by atoms with Crippen LogP contribution in [-0.4, -0.2) is 4.57 Å². The van der Waals surface area contributed by atoms with Crippen molar-refractivity contribution in [2.45, 2.75) is 13.8 Å². The molecule has 0 fully saturated rings. The largest absolute Gasteiger partial charge is 0.318 e. The molecule has 0 saturated carbocycles. The summed E-state index contributed by atoms with van der Waals surface area (Å²) in [4.78, 5) is 0. The Morgan fingerprint density at radius 1 is 1.00 bits per heavy atom. The number of rotatable bonds is 3. The fourth-order valence-corrected chi connectivity index (χ4v) is 2.91. The summed E-state index contributed by atoms with van der Waals surface area (Å²) in [7, 11) is 0. The van der Waals surface area contributed by atoms with Crippen LogP contribution in [0.25, 0.3) is 17.3 Å². The van der Waals surface area contributed by atoms with Crippen LogP contribution in [0.15, 0.2) is 54.6 Å². The average Bonchev–Trinajstić information content (AvgIpc) is 2.87. The number of halogens is 2. The molecule has 0 aliphatic rings. The van der Waals surface area contributed by atoms with Gasteiger partial charge in [0.05, 0.1) is 11.6 Å². The van der Waals surface area contributed by atoms with Crippen LogP contribution in [0.4, 0.5) is 8.78 Å². The van der Waals surface area contributed by atoms with Crippen molar-refractivity contribution in [1.29, 1.82) is 5.26 Å². The van der Waals surface area contributed by atoms with Gasteiger partial charge in [-0.3, -0.25) is 0 Å². The summed E-state index contributed by atoms with van der Waals surface area (Å²) >= 11 is 0. The maximum atomic E-state index is 13.4. The highest BCUT2D eigenvalue weighted by Crippen LogP contribution is 2.25. The van der Waals surface area contributed by atoms with Gasteiger partial charge < -0.3 is 4.57 Å². The monoisotopic (exact) mass is 334 g/mol. The van der Waals surface area contributed by atoms with E-state index in [0.29, 0.717) is 11.1 Å². The van der Waals surface area contributed by atoms with Crippen LogP contribution >= 0.6 is 0 Å². The van der Waals surface area contributed by atoms with E-state index in [1.165, 1.54) is 24.3 Å². The lowest BCUT2D eigenvalue weighted by atomic mass is 10.0. The van der Waals surface area contributed by atoms with Crippen molar-refractivity contribution >= 4 is 11.6 Å². The molecular formula is C21H16F2N2. The van der Waals surface area contributed by atoms with E-state index < -0.39 is 0 Å². The Labute approximate surface area is 145 Å². The number of hydrogen-bond donors (Lipinski definition) is 0. The fourth-order valence-electron chi connectivity index (χ4n) is 2.91. The van der Waals surface area contributed by atoms with Crippen molar-refractivity contribution in [2.24, 2.45) is 0 Å². The van der Waals surface area contributed by atoms with Crippen LogP contribution in [0.1, 0.15) is 22.5 Å². The van der Waals surface area contributed by atoms with E-state index in [-0.39, 0.29) is 11.6 Å². The zero-order chi connectivity index (χ0) is 18.0. The standard InChI is InChI=1S/C21H16F2N2/c1-14-10-17(11-18(13-24)16-4-3-5-20(23)12-16)15(2)25(14)21-8-6-19(22)7-9-21/h3-12H,1-2H3/b18-11-. The van der Waals surface area contributed by atoms with Crippen LogP contribution < -0.4 is 0 Å². The number of hydrogen-bond acceptors (Lipinski definition) is 1. The molecule has 25 heavy (non-hydrogen) atoms. The summed E-state index contributed by atoms with van der Waals surface area (Å²) in [5.41, 5.74) is 4.52. The zero-order valence-corrected chi connectivity index (χ0v) is 13.9. The second-order valence-corrected chi connectivity index (χ2v) is 5.82. The molecule has 0 spiro atoms. The lowest BCUT2D eigenvalue weighted by Gasteiger charge is -2.09. The second kappa shape index (κ2) is 6.74. The predicted molar refractivity (Wildman–Crippen MR) is 95.1 cm³/mol. The van der Waals surface area contributed by atoms with E-state index in [0.717, 1.165) is 22.6 Å². The molecule has 1 aromatic heterocycles. The Balaban J connectivity index is 2.08. The molecule has 0 N–H and O–H groups in total. The highest BCUT2D eigenvalue weighted by Gasteiger charge is 2.11. The molecule has 4 heteroatoms. The van der Waals surface area contributed by atoms with Crippen LogP contribution in [0.3, 0.4) is 0 Å². The molecule has 0 amide bonds. The molecule has 0 aliphatic carbocycles. The van der Waals surface area contributed by atoms with Gasteiger partial charge in [0, 0.05) is 17.1 Å². The smallest absolute Gasteiger partial charge is 0.123 e. The lowest BCUT2D eigenvalue weighted by Crippen LogP contribution is -1.99. The third kappa shape index (κ3) is 3.36. The van der Waals surface area contributed by atoms with Crippen LogP contribution in [0, 0.1) is 36.8 Å². The van der Waals surface area contributed by atoms with Gasteiger partial charge in [0.2, 0.25) is 0 Å². The van der Waals surface area contributed by atoms with Crippen LogP contribution in [-0.2, 0) is 0 Å². The Hall–Kier alpha value is -3.19. The van der Waals surface area contributed by atoms with Crippen molar-refractivity contribution in [3.63, 3.8) is 0 Å². The van der Waals surface area contributed by atoms with Crippen molar-refractivity contribution in [3.05, 3.63) is 88.7 Å². The molecule has 3 aromatic rings. The van der Waals surface area contributed by atoms with Crippen molar-refractivity contribution < 1.29 is 8.78 Å². The first-order chi connectivity index (χ1) is 12.0. The topological polar surface area (TPSA) is 28.7 Å². The van der Waals surface area contributed by atoms with E-state index in [1.54, 1.807) is 30.3 Å². The summed E-state index contributed by atoms with van der Waals surface area (Å²) in [6.45, 7) is 3.88. The van der Waals surface area contributed by atoms with E-state index in [1.807, 2.05) is 24.5 Å². The molecule has 3 rings (SSSR count). The quantitative estimate of drug-likeness (QED) is 0.587. The molecule has 2 aromatic carbocycles. The summed E-state index contributed by atoms with van der Waals surface area (Å²) < 4.78 is 28.6. The van der Waals surface area contributed by atoms with Gasteiger partial charge in [0.15, 0.2) is 0 Å². The van der Waals surface area contributed by atoms with Crippen molar-refractivity contribution in [3.8, 4) is 11.8 Å². The summed E-state index contributed by atoms with van der Waals surface area (Å²) in [6.07, 6.45) is 1.75. The number of nitriles is 1. The molecule has 0 atom stereocenters. The number of nitrogens with zero attached hydrogens (tertiary/aromatic N) is 2. The van der Waals surface area contributed by atoms with Crippen molar-refractivity contribution in [1.82, 2.24) is 4.57 Å². The van der Waals surface area contributed by atoms with Gasteiger partial charge in [-0.25, -0.2) is 8.78 Å². The third-order valence-electron chi connectivity index (χ3n) is 4.11. The van der Waals surface area contributed by atoms with E-state index in [2.05, 4.69) is 6.07 Å². The highest BCUT2D eigenvalue weighted by molar-refractivity contribution is 5.90. The van der Waals surface area contributed by atoms with Gasteiger partial charge in [-0.05, 0) is 73.5 Å². The zero-order valence-electron chi connectivity index (χ0n) is 13.9. The van der Waals surface area contributed by atoms with Gasteiger partial charge in [-0.1, -0.05) is 12.1 Å². The molecule has 0 unspecified atom stereocenters. The minimum absolute atomic E-state index is 0.288.